The molecule has 1 amide bonds. The molecule has 2 aromatic rings. The maximum absolute atomic E-state index is 13.2. The summed E-state index contributed by atoms with van der Waals surface area (Å²) in [5.41, 5.74) is 1.65. The standard InChI is InChI=1S/C19H25N5O2/c1-12(2)17-20-21-18-13(3)23(7-8-24(17)18)19(25)14-5-6-16-15(11-14)22(4)9-10-26-16/h5-6,11-13H,7-10H2,1-4H3/t13-/m0/s1. The number of hydrogen-bond donors (Lipinski definition) is 0. The van der Waals surface area contributed by atoms with Gasteiger partial charge in [-0.05, 0) is 25.1 Å². The first-order valence-electron chi connectivity index (χ1n) is 9.19. The van der Waals surface area contributed by atoms with E-state index in [0.29, 0.717) is 24.6 Å². The van der Waals surface area contributed by atoms with E-state index < -0.39 is 0 Å². The van der Waals surface area contributed by atoms with E-state index >= 15 is 0 Å². The van der Waals surface area contributed by atoms with Crippen LogP contribution in [-0.4, -0.2) is 52.3 Å². The molecule has 0 saturated carbocycles. The number of aromatic nitrogens is 3. The third kappa shape index (κ3) is 2.62. The predicted molar refractivity (Wildman–Crippen MR) is 98.8 cm³/mol. The SMILES string of the molecule is CC(C)c1nnc2n1CCN(C(=O)c1ccc3c(c1)N(C)CCO3)[C@H]2C. The Kier molecular flexibility index (Phi) is 4.09. The normalized spacial score (nSPS) is 19.2. The lowest BCUT2D eigenvalue weighted by molar-refractivity contribution is 0.0636. The molecule has 1 aromatic carbocycles. The van der Waals surface area contributed by atoms with Crippen LogP contribution in [0.15, 0.2) is 18.2 Å². The highest BCUT2D eigenvalue weighted by Gasteiger charge is 2.32. The van der Waals surface area contributed by atoms with Gasteiger partial charge < -0.3 is 19.1 Å². The number of hydrogen-bond acceptors (Lipinski definition) is 5. The summed E-state index contributed by atoms with van der Waals surface area (Å²) < 4.78 is 7.84. The van der Waals surface area contributed by atoms with Crippen LogP contribution in [0.1, 0.15) is 54.7 Å². The van der Waals surface area contributed by atoms with Crippen molar-refractivity contribution in [3.63, 3.8) is 0 Å². The Labute approximate surface area is 153 Å². The average molecular weight is 355 g/mol. The first kappa shape index (κ1) is 16.9. The van der Waals surface area contributed by atoms with Crippen molar-refractivity contribution in [2.24, 2.45) is 0 Å². The molecular formula is C19H25N5O2. The van der Waals surface area contributed by atoms with E-state index in [1.54, 1.807) is 0 Å². The summed E-state index contributed by atoms with van der Waals surface area (Å²) in [5, 5.41) is 8.69. The van der Waals surface area contributed by atoms with Crippen LogP contribution < -0.4 is 9.64 Å². The van der Waals surface area contributed by atoms with Crippen LogP contribution in [0.4, 0.5) is 5.69 Å². The summed E-state index contributed by atoms with van der Waals surface area (Å²) in [7, 11) is 2.02. The summed E-state index contributed by atoms with van der Waals surface area (Å²) >= 11 is 0. The Hall–Kier alpha value is -2.57. The van der Waals surface area contributed by atoms with Gasteiger partial charge in [0.05, 0.1) is 18.3 Å². The van der Waals surface area contributed by atoms with Crippen molar-refractivity contribution in [1.82, 2.24) is 19.7 Å². The Bertz CT molecular complexity index is 844. The molecule has 0 N–H and O–H groups in total. The fourth-order valence-electron chi connectivity index (χ4n) is 3.76. The topological polar surface area (TPSA) is 63.5 Å². The van der Waals surface area contributed by atoms with Crippen LogP contribution in [0.5, 0.6) is 5.75 Å². The zero-order valence-electron chi connectivity index (χ0n) is 15.8. The van der Waals surface area contributed by atoms with Gasteiger partial charge in [0.1, 0.15) is 18.2 Å². The van der Waals surface area contributed by atoms with E-state index in [9.17, 15) is 4.79 Å². The van der Waals surface area contributed by atoms with Gasteiger partial charge in [-0.15, -0.1) is 10.2 Å². The molecule has 0 spiro atoms. The van der Waals surface area contributed by atoms with Crippen molar-refractivity contribution in [2.45, 2.75) is 39.3 Å². The van der Waals surface area contributed by atoms with E-state index in [-0.39, 0.29) is 11.9 Å². The molecule has 7 heteroatoms. The van der Waals surface area contributed by atoms with Crippen LogP contribution in [-0.2, 0) is 6.54 Å². The van der Waals surface area contributed by atoms with Gasteiger partial charge in [0.15, 0.2) is 5.82 Å². The van der Waals surface area contributed by atoms with Crippen molar-refractivity contribution >= 4 is 11.6 Å². The minimum Gasteiger partial charge on any atom is -0.490 e. The molecule has 1 aromatic heterocycles. The van der Waals surface area contributed by atoms with Gasteiger partial charge in [-0.25, -0.2) is 0 Å². The van der Waals surface area contributed by atoms with Crippen LogP contribution in [0.2, 0.25) is 0 Å². The fourth-order valence-corrected chi connectivity index (χ4v) is 3.76. The third-order valence-corrected chi connectivity index (χ3v) is 5.29. The number of rotatable bonds is 2. The number of nitrogens with zero attached hydrogens (tertiary/aromatic N) is 5. The third-order valence-electron chi connectivity index (χ3n) is 5.29. The number of amides is 1. The monoisotopic (exact) mass is 355 g/mol. The predicted octanol–water partition coefficient (Wildman–Crippen LogP) is 2.45. The number of likely N-dealkylation sites (N-methyl/N-ethyl adjacent to an activating group) is 1. The van der Waals surface area contributed by atoms with Crippen molar-refractivity contribution in [3.8, 4) is 5.75 Å². The van der Waals surface area contributed by atoms with Crippen LogP contribution in [0.3, 0.4) is 0 Å². The molecule has 1 atom stereocenters. The first-order valence-corrected chi connectivity index (χ1v) is 9.19. The van der Waals surface area contributed by atoms with Crippen molar-refractivity contribution < 1.29 is 9.53 Å². The summed E-state index contributed by atoms with van der Waals surface area (Å²) in [6.45, 7) is 9.15. The lowest BCUT2D eigenvalue weighted by Crippen LogP contribution is -2.41. The number of ether oxygens (including phenoxy) is 1. The van der Waals surface area contributed by atoms with E-state index in [1.165, 1.54) is 0 Å². The van der Waals surface area contributed by atoms with Gasteiger partial charge in [-0.1, -0.05) is 13.8 Å². The Morgan fingerprint density at radius 2 is 2.04 bits per heavy atom. The molecule has 2 aliphatic heterocycles. The van der Waals surface area contributed by atoms with Gasteiger partial charge in [0, 0.05) is 31.6 Å². The van der Waals surface area contributed by atoms with Crippen LogP contribution in [0.25, 0.3) is 0 Å². The minimum atomic E-state index is -0.0961. The lowest BCUT2D eigenvalue weighted by atomic mass is 10.1. The summed E-state index contributed by atoms with van der Waals surface area (Å²) in [4.78, 5) is 17.2. The van der Waals surface area contributed by atoms with Gasteiger partial charge in [0.25, 0.3) is 5.91 Å². The maximum Gasteiger partial charge on any atom is 0.254 e. The van der Waals surface area contributed by atoms with Crippen molar-refractivity contribution in [1.29, 1.82) is 0 Å². The molecule has 3 heterocycles. The van der Waals surface area contributed by atoms with Crippen LogP contribution >= 0.6 is 0 Å². The van der Waals surface area contributed by atoms with Crippen molar-refractivity contribution in [2.75, 3.05) is 31.6 Å². The molecule has 0 radical (unpaired) electrons. The molecule has 2 aliphatic rings. The summed E-state index contributed by atoms with van der Waals surface area (Å²) in [6.07, 6.45) is 0. The van der Waals surface area contributed by atoms with E-state index in [1.807, 2.05) is 37.1 Å². The highest BCUT2D eigenvalue weighted by molar-refractivity contribution is 5.96. The second kappa shape index (κ2) is 6.30. The lowest BCUT2D eigenvalue weighted by Gasteiger charge is -2.34. The fraction of sp³-hybridized carbons (Fsp3) is 0.526. The number of carbonyl (C=O) groups is 1. The highest BCUT2D eigenvalue weighted by Crippen LogP contribution is 2.33. The van der Waals surface area contributed by atoms with Crippen molar-refractivity contribution in [3.05, 3.63) is 35.4 Å². The van der Waals surface area contributed by atoms with Gasteiger partial charge in [0.2, 0.25) is 0 Å². The zero-order valence-corrected chi connectivity index (χ0v) is 15.8. The first-order chi connectivity index (χ1) is 12.5. The molecule has 0 unspecified atom stereocenters. The largest absolute Gasteiger partial charge is 0.490 e. The summed E-state index contributed by atoms with van der Waals surface area (Å²) in [6, 6.07) is 5.59. The Morgan fingerprint density at radius 1 is 1.23 bits per heavy atom. The molecule has 0 bridgehead atoms. The average Bonchev–Trinajstić information content (AvgIpc) is 3.07. The molecule has 26 heavy (non-hydrogen) atoms. The number of benzene rings is 1. The number of anilines is 1. The van der Waals surface area contributed by atoms with E-state index in [4.69, 9.17) is 4.74 Å². The summed E-state index contributed by atoms with van der Waals surface area (Å²) in [5.74, 6) is 3.04. The van der Waals surface area contributed by atoms with Gasteiger partial charge >= 0.3 is 0 Å². The molecule has 138 valence electrons. The highest BCUT2D eigenvalue weighted by atomic mass is 16.5. The maximum atomic E-state index is 13.2. The van der Waals surface area contributed by atoms with E-state index in [2.05, 4.69) is 33.5 Å². The minimum absolute atomic E-state index is 0.0274. The second-order valence-electron chi connectivity index (χ2n) is 7.35. The molecule has 0 saturated heterocycles. The Morgan fingerprint density at radius 3 is 2.81 bits per heavy atom. The quantitative estimate of drug-likeness (QED) is 0.828. The zero-order chi connectivity index (χ0) is 18.4. The van der Waals surface area contributed by atoms with E-state index in [0.717, 1.165) is 36.2 Å². The number of fused-ring (bicyclic) bond motifs is 2. The molecule has 0 aliphatic carbocycles. The molecular weight excluding hydrogens is 330 g/mol. The Balaban J connectivity index is 1.62. The van der Waals surface area contributed by atoms with Gasteiger partial charge in [-0.3, -0.25) is 4.79 Å². The molecule has 0 fully saturated rings. The molecule has 4 rings (SSSR count). The smallest absolute Gasteiger partial charge is 0.254 e. The van der Waals surface area contributed by atoms with Crippen LogP contribution in [0, 0.1) is 0 Å². The molecule has 7 nitrogen and oxygen atoms in total. The number of carbonyl (C=O) groups excluding carboxylic acids is 1. The second-order valence-corrected chi connectivity index (χ2v) is 7.35. The van der Waals surface area contributed by atoms with Gasteiger partial charge in [-0.2, -0.15) is 0 Å².